The monoisotopic (exact) mass is 181 g/mol. The van der Waals surface area contributed by atoms with E-state index >= 15 is 0 Å². The Morgan fingerprint density at radius 3 is 1.58 bits per heavy atom. The highest BCUT2D eigenvalue weighted by molar-refractivity contribution is 5.32. The number of aliphatic hydroxyl groups is 2. The summed E-state index contributed by atoms with van der Waals surface area (Å²) < 4.78 is 0. The van der Waals surface area contributed by atoms with Crippen LogP contribution < -0.4 is 5.32 Å². The first-order valence-corrected chi connectivity index (χ1v) is 3.83. The molecular weight excluding hydrogens is 162 g/mol. The van der Waals surface area contributed by atoms with E-state index in [1.54, 1.807) is 0 Å². The molecule has 5 nitrogen and oxygen atoms in total. The molecule has 0 heterocycles. The highest BCUT2D eigenvalue weighted by Gasteiger charge is 1.78. The number of hydrogen-bond acceptors (Lipinski definition) is 4. The van der Waals surface area contributed by atoms with Gasteiger partial charge in [0.15, 0.2) is 0 Å². The number of carbonyl (C=O) groups is 1. The van der Waals surface area contributed by atoms with Gasteiger partial charge in [-0.3, -0.25) is 4.79 Å². The highest BCUT2D eigenvalue weighted by Crippen LogP contribution is 1.54. The van der Waals surface area contributed by atoms with Crippen LogP contribution in [0.15, 0.2) is 0 Å². The summed E-state index contributed by atoms with van der Waals surface area (Å²) in [4.78, 5) is 8.36. The molecule has 0 rings (SSSR count). The van der Waals surface area contributed by atoms with E-state index in [9.17, 15) is 0 Å². The maximum Gasteiger partial charge on any atom is 0.290 e. The normalized spacial score (nSPS) is 7.00. The van der Waals surface area contributed by atoms with Gasteiger partial charge in [-0.05, 0) is 0 Å². The van der Waals surface area contributed by atoms with E-state index in [2.05, 4.69) is 5.32 Å². The SMILES string of the molecule is CC.O=CO.OCCNCCO. The van der Waals surface area contributed by atoms with E-state index < -0.39 is 0 Å². The molecule has 0 spiro atoms. The molecule has 0 radical (unpaired) electrons. The van der Waals surface area contributed by atoms with Gasteiger partial charge in [0.25, 0.3) is 6.47 Å². The van der Waals surface area contributed by atoms with Crippen molar-refractivity contribution in [3.05, 3.63) is 0 Å². The standard InChI is InChI=1S/C4H11NO2.C2H6.CH2O2/c6-3-1-5-2-4-7;1-2;2-1-3/h5-7H,1-4H2;1-2H3;1H,(H,2,3). The molecule has 0 unspecified atom stereocenters. The summed E-state index contributed by atoms with van der Waals surface area (Å²) in [6.45, 7) is 5.17. The van der Waals surface area contributed by atoms with Crippen LogP contribution in [0.25, 0.3) is 0 Å². The van der Waals surface area contributed by atoms with Gasteiger partial charge >= 0.3 is 0 Å². The van der Waals surface area contributed by atoms with Crippen molar-refractivity contribution in [3.63, 3.8) is 0 Å². The maximum absolute atomic E-state index is 8.36. The van der Waals surface area contributed by atoms with Crippen LogP contribution in [-0.2, 0) is 4.79 Å². The Kier molecular flexibility index (Phi) is 45.9. The number of nitrogens with one attached hydrogen (secondary N) is 1. The number of rotatable bonds is 4. The van der Waals surface area contributed by atoms with E-state index in [0.717, 1.165) is 0 Å². The fraction of sp³-hybridized carbons (Fsp3) is 0.857. The molecule has 0 saturated carbocycles. The molecule has 0 aromatic heterocycles. The van der Waals surface area contributed by atoms with E-state index in [1.165, 1.54) is 0 Å². The van der Waals surface area contributed by atoms with Crippen molar-refractivity contribution >= 4 is 6.47 Å². The Labute approximate surface area is 73.0 Å². The fourth-order valence-electron chi connectivity index (χ4n) is 0.283. The molecule has 0 saturated heterocycles. The van der Waals surface area contributed by atoms with E-state index in [-0.39, 0.29) is 19.7 Å². The fourth-order valence-corrected chi connectivity index (χ4v) is 0.283. The van der Waals surface area contributed by atoms with E-state index in [4.69, 9.17) is 20.1 Å². The second kappa shape index (κ2) is 31.6. The second-order valence-corrected chi connectivity index (χ2v) is 1.30. The average Bonchev–Trinajstić information content (AvgIpc) is 2.11. The molecule has 0 aliphatic rings. The highest BCUT2D eigenvalue weighted by atomic mass is 16.3. The lowest BCUT2D eigenvalue weighted by Crippen LogP contribution is -2.21. The Morgan fingerprint density at radius 1 is 1.17 bits per heavy atom. The van der Waals surface area contributed by atoms with Crippen LogP contribution in [0.1, 0.15) is 13.8 Å². The molecule has 0 aromatic carbocycles. The summed E-state index contributed by atoms with van der Waals surface area (Å²) >= 11 is 0. The molecular formula is C7H19NO4. The number of carboxylic acid groups (broad SMARTS) is 1. The third-order valence-electron chi connectivity index (χ3n) is 0.577. The minimum Gasteiger partial charge on any atom is -0.483 e. The summed E-state index contributed by atoms with van der Waals surface area (Å²) in [5.74, 6) is 0. The van der Waals surface area contributed by atoms with E-state index in [1.807, 2.05) is 13.8 Å². The van der Waals surface area contributed by atoms with Crippen molar-refractivity contribution in [2.24, 2.45) is 0 Å². The lowest BCUT2D eigenvalue weighted by Gasteiger charge is -1.94. The van der Waals surface area contributed by atoms with Crippen molar-refractivity contribution in [1.29, 1.82) is 0 Å². The van der Waals surface area contributed by atoms with Crippen LogP contribution in [0.3, 0.4) is 0 Å². The summed E-state index contributed by atoms with van der Waals surface area (Å²) in [7, 11) is 0. The predicted octanol–water partition coefficient (Wildman–Crippen LogP) is -0.712. The van der Waals surface area contributed by atoms with Crippen LogP contribution in [0.5, 0.6) is 0 Å². The molecule has 0 amide bonds. The lowest BCUT2D eigenvalue weighted by atomic mass is 10.6. The summed E-state index contributed by atoms with van der Waals surface area (Å²) in [6.07, 6.45) is 0. The maximum atomic E-state index is 8.36. The first-order valence-electron chi connectivity index (χ1n) is 3.83. The molecule has 12 heavy (non-hydrogen) atoms. The minimum absolute atomic E-state index is 0.139. The number of aliphatic hydroxyl groups excluding tert-OH is 2. The third-order valence-corrected chi connectivity index (χ3v) is 0.577. The molecule has 0 aliphatic heterocycles. The molecule has 0 aliphatic carbocycles. The lowest BCUT2D eigenvalue weighted by molar-refractivity contribution is -0.122. The first kappa shape index (κ1) is 17.4. The molecule has 76 valence electrons. The van der Waals surface area contributed by atoms with Crippen molar-refractivity contribution in [3.8, 4) is 0 Å². The largest absolute Gasteiger partial charge is 0.483 e. The number of hydrogen-bond donors (Lipinski definition) is 4. The Bertz CT molecular complexity index is 57.4. The van der Waals surface area contributed by atoms with Gasteiger partial charge in [0, 0.05) is 13.1 Å². The summed E-state index contributed by atoms with van der Waals surface area (Å²) in [5, 5.41) is 26.0. The van der Waals surface area contributed by atoms with Gasteiger partial charge in [0.05, 0.1) is 13.2 Å². The van der Waals surface area contributed by atoms with Gasteiger partial charge in [-0.25, -0.2) is 0 Å². The van der Waals surface area contributed by atoms with Crippen molar-refractivity contribution in [1.82, 2.24) is 5.32 Å². The molecule has 4 N–H and O–H groups in total. The molecule has 0 atom stereocenters. The zero-order valence-electron chi connectivity index (χ0n) is 7.66. The van der Waals surface area contributed by atoms with Crippen molar-refractivity contribution in [2.75, 3.05) is 26.3 Å². The van der Waals surface area contributed by atoms with Crippen molar-refractivity contribution < 1.29 is 20.1 Å². The van der Waals surface area contributed by atoms with Gasteiger partial charge in [-0.1, -0.05) is 13.8 Å². The van der Waals surface area contributed by atoms with Crippen LogP contribution >= 0.6 is 0 Å². The van der Waals surface area contributed by atoms with Gasteiger partial charge < -0.3 is 20.6 Å². The Balaban J connectivity index is -0.000000137. The van der Waals surface area contributed by atoms with E-state index in [0.29, 0.717) is 13.1 Å². The predicted molar refractivity (Wildman–Crippen MR) is 47.1 cm³/mol. The van der Waals surface area contributed by atoms with Crippen LogP contribution in [-0.4, -0.2) is 48.1 Å². The Hall–Kier alpha value is -0.650. The topological polar surface area (TPSA) is 89.8 Å². The van der Waals surface area contributed by atoms with Gasteiger partial charge in [-0.15, -0.1) is 0 Å². The third kappa shape index (κ3) is 58.1. The molecule has 0 fully saturated rings. The van der Waals surface area contributed by atoms with Gasteiger partial charge in [-0.2, -0.15) is 0 Å². The summed E-state index contributed by atoms with van der Waals surface area (Å²) in [6, 6.07) is 0. The van der Waals surface area contributed by atoms with Crippen molar-refractivity contribution in [2.45, 2.75) is 13.8 Å². The Morgan fingerprint density at radius 2 is 1.42 bits per heavy atom. The first-order chi connectivity index (χ1) is 5.83. The van der Waals surface area contributed by atoms with Crippen LogP contribution in [0, 0.1) is 0 Å². The zero-order chi connectivity index (χ0) is 10.2. The minimum atomic E-state index is -0.250. The average molecular weight is 181 g/mol. The zero-order valence-corrected chi connectivity index (χ0v) is 7.66. The summed E-state index contributed by atoms with van der Waals surface area (Å²) in [5.41, 5.74) is 0. The van der Waals surface area contributed by atoms with Crippen LogP contribution in [0.4, 0.5) is 0 Å². The molecule has 0 aromatic rings. The molecule has 5 heteroatoms. The van der Waals surface area contributed by atoms with Crippen LogP contribution in [0.2, 0.25) is 0 Å². The quantitative estimate of drug-likeness (QED) is 0.340. The molecule has 0 bridgehead atoms. The smallest absolute Gasteiger partial charge is 0.290 e. The second-order valence-electron chi connectivity index (χ2n) is 1.30. The van der Waals surface area contributed by atoms with Gasteiger partial charge in [0.2, 0.25) is 0 Å². The van der Waals surface area contributed by atoms with Gasteiger partial charge in [0.1, 0.15) is 0 Å².